The minimum atomic E-state index is -3.90. The molecular weight excluding hydrogens is 350 g/mol. The second-order valence-corrected chi connectivity index (χ2v) is 8.29. The van der Waals surface area contributed by atoms with Crippen LogP contribution in [0.4, 0.5) is 0 Å². The maximum atomic E-state index is 13.2. The molecule has 2 aromatic rings. The Morgan fingerprint density at radius 1 is 1.08 bits per heavy atom. The SMILES string of the molecule is Cc1ccc(S(=O)(=O)N(Cc2ccccc2)C2=CC(CO)CC2=O)cc1. The lowest BCUT2D eigenvalue weighted by molar-refractivity contribution is -0.116. The molecule has 0 saturated heterocycles. The topological polar surface area (TPSA) is 74.7 Å². The summed E-state index contributed by atoms with van der Waals surface area (Å²) < 4.78 is 27.6. The highest BCUT2D eigenvalue weighted by Gasteiger charge is 2.34. The number of allylic oxidation sites excluding steroid dienone is 1. The van der Waals surface area contributed by atoms with Gasteiger partial charge in [-0.3, -0.25) is 9.10 Å². The fraction of sp³-hybridized carbons (Fsp3) is 0.250. The van der Waals surface area contributed by atoms with Crippen molar-refractivity contribution < 1.29 is 18.3 Å². The number of aryl methyl sites for hydroxylation is 1. The van der Waals surface area contributed by atoms with Crippen LogP contribution in [0.5, 0.6) is 0 Å². The molecule has 1 atom stereocenters. The van der Waals surface area contributed by atoms with Crippen LogP contribution in [0.3, 0.4) is 0 Å². The molecule has 0 bridgehead atoms. The Bertz CT molecular complexity index is 918. The van der Waals surface area contributed by atoms with Gasteiger partial charge in [-0.15, -0.1) is 0 Å². The van der Waals surface area contributed by atoms with Gasteiger partial charge in [0.25, 0.3) is 10.0 Å². The van der Waals surface area contributed by atoms with Crippen molar-refractivity contribution >= 4 is 15.8 Å². The third-order valence-electron chi connectivity index (χ3n) is 4.41. The molecule has 1 unspecified atom stereocenters. The first-order valence-corrected chi connectivity index (χ1v) is 9.85. The molecule has 0 aromatic heterocycles. The molecule has 0 saturated carbocycles. The van der Waals surface area contributed by atoms with Crippen LogP contribution in [0.25, 0.3) is 0 Å². The molecule has 5 nitrogen and oxygen atoms in total. The molecule has 0 spiro atoms. The maximum absolute atomic E-state index is 13.2. The average Bonchev–Trinajstić information content (AvgIpc) is 3.01. The molecule has 6 heteroatoms. The van der Waals surface area contributed by atoms with E-state index in [4.69, 9.17) is 0 Å². The molecule has 0 aliphatic heterocycles. The molecule has 0 heterocycles. The van der Waals surface area contributed by atoms with Gasteiger partial charge in [0.15, 0.2) is 5.78 Å². The lowest BCUT2D eigenvalue weighted by Crippen LogP contribution is -2.32. The van der Waals surface area contributed by atoms with Crippen molar-refractivity contribution in [2.75, 3.05) is 6.61 Å². The van der Waals surface area contributed by atoms with Crippen molar-refractivity contribution in [1.29, 1.82) is 0 Å². The predicted octanol–water partition coefficient (Wildman–Crippen LogP) is 2.65. The molecule has 1 N–H and O–H groups in total. The monoisotopic (exact) mass is 371 g/mol. The van der Waals surface area contributed by atoms with E-state index in [1.165, 1.54) is 0 Å². The first-order valence-electron chi connectivity index (χ1n) is 8.41. The predicted molar refractivity (Wildman–Crippen MR) is 98.6 cm³/mol. The summed E-state index contributed by atoms with van der Waals surface area (Å²) in [6, 6.07) is 15.7. The van der Waals surface area contributed by atoms with Gasteiger partial charge in [0.1, 0.15) is 0 Å². The Morgan fingerprint density at radius 2 is 1.73 bits per heavy atom. The minimum Gasteiger partial charge on any atom is -0.396 e. The largest absolute Gasteiger partial charge is 0.396 e. The van der Waals surface area contributed by atoms with Crippen LogP contribution < -0.4 is 0 Å². The number of carbonyl (C=O) groups is 1. The van der Waals surface area contributed by atoms with Crippen LogP contribution in [0.1, 0.15) is 17.5 Å². The summed E-state index contributed by atoms with van der Waals surface area (Å²) in [6.07, 6.45) is 1.69. The number of benzene rings is 2. The van der Waals surface area contributed by atoms with Crippen molar-refractivity contribution in [2.24, 2.45) is 5.92 Å². The molecule has 2 aromatic carbocycles. The Hall–Kier alpha value is -2.44. The van der Waals surface area contributed by atoms with Crippen molar-refractivity contribution in [1.82, 2.24) is 4.31 Å². The number of aliphatic hydroxyl groups is 1. The van der Waals surface area contributed by atoms with Gasteiger partial charge in [-0.1, -0.05) is 54.1 Å². The summed E-state index contributed by atoms with van der Waals surface area (Å²) in [5.74, 6) is -0.611. The molecule has 0 radical (unpaired) electrons. The summed E-state index contributed by atoms with van der Waals surface area (Å²) in [5, 5.41) is 9.36. The third-order valence-corrected chi connectivity index (χ3v) is 6.18. The van der Waals surface area contributed by atoms with Gasteiger partial charge in [0, 0.05) is 18.9 Å². The lowest BCUT2D eigenvalue weighted by atomic mass is 10.1. The summed E-state index contributed by atoms with van der Waals surface area (Å²) in [5.41, 5.74) is 1.87. The number of rotatable bonds is 6. The van der Waals surface area contributed by atoms with E-state index in [0.717, 1.165) is 15.4 Å². The quantitative estimate of drug-likeness (QED) is 0.847. The summed E-state index contributed by atoms with van der Waals surface area (Å²) in [6.45, 7) is 1.76. The van der Waals surface area contributed by atoms with E-state index in [9.17, 15) is 18.3 Å². The molecule has 1 aliphatic rings. The molecule has 1 aliphatic carbocycles. The first kappa shape index (κ1) is 18.4. The summed E-state index contributed by atoms with van der Waals surface area (Å²) in [7, 11) is -3.90. The van der Waals surface area contributed by atoms with Crippen LogP contribution in [-0.2, 0) is 21.4 Å². The van der Waals surface area contributed by atoms with Gasteiger partial charge >= 0.3 is 0 Å². The number of aliphatic hydroxyl groups excluding tert-OH is 1. The summed E-state index contributed by atoms with van der Waals surface area (Å²) in [4.78, 5) is 12.6. The number of ketones is 1. The Morgan fingerprint density at radius 3 is 2.31 bits per heavy atom. The van der Waals surface area contributed by atoms with E-state index in [1.54, 1.807) is 30.3 Å². The van der Waals surface area contributed by atoms with Crippen molar-refractivity contribution in [3.63, 3.8) is 0 Å². The summed E-state index contributed by atoms with van der Waals surface area (Å²) >= 11 is 0. The molecule has 26 heavy (non-hydrogen) atoms. The van der Waals surface area contributed by atoms with Crippen molar-refractivity contribution in [3.8, 4) is 0 Å². The zero-order valence-electron chi connectivity index (χ0n) is 14.5. The van der Waals surface area contributed by atoms with E-state index in [0.29, 0.717) is 0 Å². The average molecular weight is 371 g/mol. The Balaban J connectivity index is 2.05. The van der Waals surface area contributed by atoms with Gasteiger partial charge in [0.05, 0.1) is 17.1 Å². The number of nitrogens with zero attached hydrogens (tertiary/aromatic N) is 1. The Kier molecular flexibility index (Phi) is 5.25. The molecule has 136 valence electrons. The highest BCUT2D eigenvalue weighted by atomic mass is 32.2. The van der Waals surface area contributed by atoms with E-state index in [2.05, 4.69) is 0 Å². The molecule has 0 amide bonds. The van der Waals surface area contributed by atoms with Crippen LogP contribution in [0.2, 0.25) is 0 Å². The van der Waals surface area contributed by atoms with E-state index >= 15 is 0 Å². The first-order chi connectivity index (χ1) is 12.4. The Labute approximate surface area is 153 Å². The van der Waals surface area contributed by atoms with Gasteiger partial charge in [0.2, 0.25) is 0 Å². The van der Waals surface area contributed by atoms with E-state index < -0.39 is 10.0 Å². The zero-order valence-corrected chi connectivity index (χ0v) is 15.3. The van der Waals surface area contributed by atoms with Crippen molar-refractivity contribution in [2.45, 2.75) is 24.8 Å². The van der Waals surface area contributed by atoms with Crippen LogP contribution in [-0.4, -0.2) is 30.2 Å². The van der Waals surface area contributed by atoms with Crippen LogP contribution in [0.15, 0.2) is 71.3 Å². The fourth-order valence-corrected chi connectivity index (χ4v) is 4.42. The van der Waals surface area contributed by atoms with Crippen LogP contribution >= 0.6 is 0 Å². The standard InChI is InChI=1S/C20H21NO4S/c1-15-7-9-18(10-8-15)26(24,25)21(13-16-5-3-2-4-6-16)19-11-17(14-22)12-20(19)23/h2-11,17,22H,12-14H2,1H3. The van der Waals surface area contributed by atoms with Gasteiger partial charge in [-0.2, -0.15) is 0 Å². The number of hydrogen-bond donors (Lipinski definition) is 1. The molecule has 0 fully saturated rings. The number of carbonyl (C=O) groups excluding carboxylic acids is 1. The molecular formula is C20H21NO4S. The smallest absolute Gasteiger partial charge is 0.264 e. The zero-order chi connectivity index (χ0) is 18.7. The number of hydrogen-bond acceptors (Lipinski definition) is 4. The maximum Gasteiger partial charge on any atom is 0.264 e. The second-order valence-electron chi connectivity index (χ2n) is 6.43. The second kappa shape index (κ2) is 7.43. The number of sulfonamides is 1. The highest BCUT2D eigenvalue weighted by molar-refractivity contribution is 7.89. The lowest BCUT2D eigenvalue weighted by Gasteiger charge is -2.25. The van der Waals surface area contributed by atoms with Gasteiger partial charge in [-0.05, 0) is 24.6 Å². The van der Waals surface area contributed by atoms with Crippen LogP contribution in [0, 0.1) is 12.8 Å². The van der Waals surface area contributed by atoms with Gasteiger partial charge < -0.3 is 5.11 Å². The number of Topliss-reactive ketones (excluding diaryl/α,β-unsaturated/α-hetero) is 1. The van der Waals surface area contributed by atoms with Gasteiger partial charge in [-0.25, -0.2) is 8.42 Å². The normalized spacial score (nSPS) is 17.2. The van der Waals surface area contributed by atoms with Crippen molar-refractivity contribution in [3.05, 3.63) is 77.5 Å². The fourth-order valence-electron chi connectivity index (χ4n) is 2.94. The van der Waals surface area contributed by atoms with E-state index in [-0.39, 0.29) is 41.9 Å². The molecule has 3 rings (SSSR count). The third kappa shape index (κ3) is 3.71. The minimum absolute atomic E-state index is 0.0623. The highest BCUT2D eigenvalue weighted by Crippen LogP contribution is 2.30. The van der Waals surface area contributed by atoms with E-state index in [1.807, 2.05) is 37.3 Å².